The first kappa shape index (κ1) is 13.2. The van der Waals surface area contributed by atoms with Crippen LogP contribution in [0.2, 0.25) is 0 Å². The van der Waals surface area contributed by atoms with Crippen LogP contribution in [-0.2, 0) is 4.79 Å². The van der Waals surface area contributed by atoms with Crippen LogP contribution in [0, 0.1) is 0 Å². The minimum absolute atomic E-state index is 0.135. The van der Waals surface area contributed by atoms with Gasteiger partial charge in [0.1, 0.15) is 0 Å². The lowest BCUT2D eigenvalue weighted by atomic mass is 9.98. The highest BCUT2D eigenvalue weighted by Crippen LogP contribution is 2.34. The number of hydrogen-bond acceptors (Lipinski definition) is 2. The minimum atomic E-state index is 0.135. The van der Waals surface area contributed by atoms with E-state index in [-0.39, 0.29) is 11.8 Å². The number of para-hydroxylation sites is 2. The number of carbonyl (C=O) groups is 1. The number of anilines is 2. The van der Waals surface area contributed by atoms with Crippen molar-refractivity contribution in [3.63, 3.8) is 0 Å². The lowest BCUT2D eigenvalue weighted by Crippen LogP contribution is -2.25. The van der Waals surface area contributed by atoms with E-state index in [9.17, 15) is 4.79 Å². The first-order valence-electron chi connectivity index (χ1n) is 6.55. The molecule has 0 spiro atoms. The van der Waals surface area contributed by atoms with E-state index in [2.05, 4.69) is 28.1 Å². The Hall–Kier alpha value is -1.81. The zero-order chi connectivity index (χ0) is 14.1. The summed E-state index contributed by atoms with van der Waals surface area (Å²) in [6.45, 7) is 0.689. The summed E-state index contributed by atoms with van der Waals surface area (Å²) in [4.78, 5) is 14.0. The maximum atomic E-state index is 12.2. The van der Waals surface area contributed by atoms with E-state index >= 15 is 0 Å². The maximum absolute atomic E-state index is 12.2. The van der Waals surface area contributed by atoms with E-state index in [1.54, 1.807) is 4.90 Å². The molecule has 4 heteroatoms. The van der Waals surface area contributed by atoms with Crippen molar-refractivity contribution < 1.29 is 4.79 Å². The molecular formula is C16H15BrN2O. The summed E-state index contributed by atoms with van der Waals surface area (Å²) in [6.07, 6.45) is 0.538. The molecule has 2 N–H and O–H groups in total. The molecule has 3 rings (SSSR count). The highest BCUT2D eigenvalue weighted by atomic mass is 79.9. The summed E-state index contributed by atoms with van der Waals surface area (Å²) < 4.78 is 1.05. The Morgan fingerprint density at radius 1 is 1.10 bits per heavy atom. The molecule has 1 fully saturated rings. The fourth-order valence-electron chi connectivity index (χ4n) is 2.63. The number of nitrogens with two attached hydrogens (primary N) is 1. The fourth-order valence-corrected chi connectivity index (χ4v) is 2.90. The van der Waals surface area contributed by atoms with E-state index < -0.39 is 0 Å². The molecule has 0 unspecified atom stereocenters. The largest absolute Gasteiger partial charge is 0.397 e. The molecule has 2 aromatic carbocycles. The van der Waals surface area contributed by atoms with Crippen molar-refractivity contribution in [1.82, 2.24) is 0 Å². The molecule has 3 nitrogen and oxygen atoms in total. The smallest absolute Gasteiger partial charge is 0.227 e. The minimum Gasteiger partial charge on any atom is -0.397 e. The summed E-state index contributed by atoms with van der Waals surface area (Å²) in [5.74, 6) is 0.367. The summed E-state index contributed by atoms with van der Waals surface area (Å²) >= 11 is 3.43. The van der Waals surface area contributed by atoms with Crippen LogP contribution in [0.4, 0.5) is 11.4 Å². The van der Waals surface area contributed by atoms with Gasteiger partial charge in [0.2, 0.25) is 5.91 Å². The Morgan fingerprint density at radius 2 is 1.80 bits per heavy atom. The molecule has 1 aliphatic heterocycles. The van der Waals surface area contributed by atoms with Crippen LogP contribution in [-0.4, -0.2) is 12.5 Å². The van der Waals surface area contributed by atoms with Gasteiger partial charge in [-0.1, -0.05) is 40.2 Å². The Bertz CT molecular complexity index is 639. The van der Waals surface area contributed by atoms with Crippen LogP contribution < -0.4 is 10.6 Å². The van der Waals surface area contributed by atoms with Crippen LogP contribution in [0.5, 0.6) is 0 Å². The molecule has 1 saturated heterocycles. The number of rotatable bonds is 2. The van der Waals surface area contributed by atoms with Crippen molar-refractivity contribution >= 4 is 33.2 Å². The van der Waals surface area contributed by atoms with Crippen LogP contribution >= 0.6 is 15.9 Å². The molecule has 20 heavy (non-hydrogen) atoms. The highest BCUT2D eigenvalue weighted by Gasteiger charge is 2.32. The SMILES string of the molecule is Nc1ccccc1N1C[C@@H](c2ccc(Br)cc2)CC1=O. The van der Waals surface area contributed by atoms with Gasteiger partial charge in [-0.3, -0.25) is 4.79 Å². The van der Waals surface area contributed by atoms with Gasteiger partial charge < -0.3 is 10.6 Å². The molecule has 1 aliphatic rings. The van der Waals surface area contributed by atoms with Gasteiger partial charge in [0.25, 0.3) is 0 Å². The lowest BCUT2D eigenvalue weighted by molar-refractivity contribution is -0.117. The van der Waals surface area contributed by atoms with E-state index in [0.29, 0.717) is 18.7 Å². The molecule has 0 saturated carbocycles. The van der Waals surface area contributed by atoms with Crippen molar-refractivity contribution in [2.45, 2.75) is 12.3 Å². The van der Waals surface area contributed by atoms with Gasteiger partial charge in [0.15, 0.2) is 0 Å². The van der Waals surface area contributed by atoms with Crippen LogP contribution in [0.1, 0.15) is 17.9 Å². The highest BCUT2D eigenvalue weighted by molar-refractivity contribution is 9.10. The molecule has 0 aromatic heterocycles. The fraction of sp³-hybridized carbons (Fsp3) is 0.188. The number of benzene rings is 2. The molecule has 0 radical (unpaired) electrons. The predicted molar refractivity (Wildman–Crippen MR) is 84.7 cm³/mol. The van der Waals surface area contributed by atoms with Gasteiger partial charge in [0.05, 0.1) is 11.4 Å². The van der Waals surface area contributed by atoms with Gasteiger partial charge in [0, 0.05) is 23.4 Å². The van der Waals surface area contributed by atoms with Crippen molar-refractivity contribution in [2.24, 2.45) is 0 Å². The molecule has 1 heterocycles. The Morgan fingerprint density at radius 3 is 2.50 bits per heavy atom. The molecule has 0 bridgehead atoms. The van der Waals surface area contributed by atoms with Crippen LogP contribution in [0.15, 0.2) is 53.0 Å². The topological polar surface area (TPSA) is 46.3 Å². The van der Waals surface area contributed by atoms with E-state index in [4.69, 9.17) is 5.73 Å². The number of amides is 1. The standard InChI is InChI=1S/C16H15BrN2O/c17-13-7-5-11(6-8-13)12-9-16(20)19(10-12)15-4-2-1-3-14(15)18/h1-8,12H,9-10,18H2/t12-/m0/s1. The summed E-state index contributed by atoms with van der Waals surface area (Å²) in [6, 6.07) is 15.7. The summed E-state index contributed by atoms with van der Waals surface area (Å²) in [5.41, 5.74) is 8.63. The Balaban J connectivity index is 1.86. The lowest BCUT2D eigenvalue weighted by Gasteiger charge is -2.18. The zero-order valence-electron chi connectivity index (χ0n) is 10.9. The second-order valence-corrected chi connectivity index (χ2v) is 5.93. The second-order valence-electron chi connectivity index (χ2n) is 5.02. The van der Waals surface area contributed by atoms with Gasteiger partial charge in [-0.15, -0.1) is 0 Å². The third kappa shape index (κ3) is 2.43. The predicted octanol–water partition coefficient (Wildman–Crippen LogP) is 3.55. The third-order valence-corrected chi connectivity index (χ3v) is 4.22. The van der Waals surface area contributed by atoms with Gasteiger partial charge in [-0.25, -0.2) is 0 Å². The first-order valence-corrected chi connectivity index (χ1v) is 7.35. The van der Waals surface area contributed by atoms with Crippen molar-refractivity contribution in [2.75, 3.05) is 17.2 Å². The number of nitrogens with zero attached hydrogens (tertiary/aromatic N) is 1. The Kier molecular flexibility index (Phi) is 3.49. The first-order chi connectivity index (χ1) is 9.65. The van der Waals surface area contributed by atoms with Crippen molar-refractivity contribution in [3.8, 4) is 0 Å². The zero-order valence-corrected chi connectivity index (χ0v) is 12.5. The number of carbonyl (C=O) groups excluding carboxylic acids is 1. The Labute approximate surface area is 126 Å². The third-order valence-electron chi connectivity index (χ3n) is 3.69. The van der Waals surface area contributed by atoms with Crippen LogP contribution in [0.3, 0.4) is 0 Å². The molecule has 0 aliphatic carbocycles. The second kappa shape index (κ2) is 5.29. The average molecular weight is 331 g/mol. The molecule has 1 amide bonds. The maximum Gasteiger partial charge on any atom is 0.227 e. The summed E-state index contributed by atoms with van der Waals surface area (Å²) in [5, 5.41) is 0. The molecule has 2 aromatic rings. The van der Waals surface area contributed by atoms with Gasteiger partial charge >= 0.3 is 0 Å². The van der Waals surface area contributed by atoms with E-state index in [1.165, 1.54) is 5.56 Å². The quantitative estimate of drug-likeness (QED) is 0.856. The van der Waals surface area contributed by atoms with E-state index in [0.717, 1.165) is 10.2 Å². The summed E-state index contributed by atoms with van der Waals surface area (Å²) in [7, 11) is 0. The van der Waals surface area contributed by atoms with Crippen LogP contribution in [0.25, 0.3) is 0 Å². The number of nitrogen functional groups attached to an aromatic ring is 1. The van der Waals surface area contributed by atoms with Crippen molar-refractivity contribution in [3.05, 3.63) is 58.6 Å². The van der Waals surface area contributed by atoms with Gasteiger partial charge in [-0.2, -0.15) is 0 Å². The molecular weight excluding hydrogens is 316 g/mol. The average Bonchev–Trinajstić information content (AvgIpc) is 2.82. The normalized spacial score (nSPS) is 18.6. The van der Waals surface area contributed by atoms with Gasteiger partial charge in [-0.05, 0) is 29.8 Å². The number of hydrogen-bond donors (Lipinski definition) is 1. The monoisotopic (exact) mass is 330 g/mol. The van der Waals surface area contributed by atoms with Crippen molar-refractivity contribution in [1.29, 1.82) is 0 Å². The molecule has 102 valence electrons. The molecule has 1 atom stereocenters. The van der Waals surface area contributed by atoms with E-state index in [1.807, 2.05) is 36.4 Å². The number of halogens is 1.